The van der Waals surface area contributed by atoms with Crippen LogP contribution in [0.25, 0.3) is 0 Å². The molecule has 0 amide bonds. The second-order valence-electron chi connectivity index (χ2n) is 4.42. The minimum absolute atomic E-state index is 0.369. The van der Waals surface area contributed by atoms with Gasteiger partial charge in [-0.15, -0.1) is 0 Å². The molecular weight excluding hydrogens is 152 g/mol. The molecule has 2 aliphatic rings. The monoisotopic (exact) mass is 168 g/mol. The van der Waals surface area contributed by atoms with Gasteiger partial charge in [0, 0.05) is 6.54 Å². The van der Waals surface area contributed by atoms with Crippen molar-refractivity contribution < 1.29 is 0 Å². The van der Waals surface area contributed by atoms with Crippen LogP contribution < -0.4 is 5.32 Å². The zero-order chi connectivity index (χ0) is 8.60. The molecule has 1 saturated carbocycles. The molecule has 3 atom stereocenters. The molecule has 2 fully saturated rings. The summed E-state index contributed by atoms with van der Waals surface area (Å²) < 4.78 is 0. The summed E-state index contributed by atoms with van der Waals surface area (Å²) in [5, 5.41) is 6.45. The predicted molar refractivity (Wildman–Crippen MR) is 47.9 cm³/mol. The van der Waals surface area contributed by atoms with Crippen LogP contribution in [0.5, 0.6) is 0 Å². The summed E-state index contributed by atoms with van der Waals surface area (Å²) >= 11 is 0. The van der Waals surface area contributed by atoms with Crippen molar-refractivity contribution in [2.45, 2.75) is 19.8 Å². The molecule has 3 heteroatoms. The van der Waals surface area contributed by atoms with Crippen LogP contribution in [-0.2, 0) is 0 Å². The number of rotatable bonds is 2. The standard InChI is InChI=1S/C9H16N2O/c1-9-6-10-4-7(9)2-3-8(9)5-11-12/h7-8,10H,2-6H2,1H3. The second kappa shape index (κ2) is 2.80. The van der Waals surface area contributed by atoms with E-state index < -0.39 is 0 Å². The molecule has 1 saturated heterocycles. The molecule has 1 heterocycles. The van der Waals surface area contributed by atoms with E-state index in [1.165, 1.54) is 12.8 Å². The Morgan fingerprint density at radius 1 is 1.58 bits per heavy atom. The maximum atomic E-state index is 10.2. The quantitative estimate of drug-likeness (QED) is 0.633. The van der Waals surface area contributed by atoms with E-state index in [0.29, 0.717) is 17.9 Å². The Kier molecular flexibility index (Phi) is 1.91. The first-order valence-electron chi connectivity index (χ1n) is 4.77. The zero-order valence-electron chi connectivity index (χ0n) is 7.55. The highest BCUT2D eigenvalue weighted by Gasteiger charge is 2.49. The maximum Gasteiger partial charge on any atom is 0.0845 e. The molecule has 0 aromatic carbocycles. The molecule has 0 aromatic rings. The number of nitrogens with zero attached hydrogens (tertiary/aromatic N) is 1. The van der Waals surface area contributed by atoms with Crippen LogP contribution in [0, 0.1) is 22.2 Å². The van der Waals surface area contributed by atoms with Crippen molar-refractivity contribution >= 4 is 0 Å². The molecule has 3 unspecified atom stereocenters. The maximum absolute atomic E-state index is 10.2. The van der Waals surface area contributed by atoms with E-state index in [1.807, 2.05) is 0 Å². The van der Waals surface area contributed by atoms with Gasteiger partial charge in [-0.2, -0.15) is 4.91 Å². The summed E-state index contributed by atoms with van der Waals surface area (Å²) in [6, 6.07) is 0. The van der Waals surface area contributed by atoms with Crippen molar-refractivity contribution in [1.29, 1.82) is 0 Å². The van der Waals surface area contributed by atoms with Gasteiger partial charge in [-0.25, -0.2) is 0 Å². The van der Waals surface area contributed by atoms with Crippen LogP contribution in [0.2, 0.25) is 0 Å². The highest BCUT2D eigenvalue weighted by Crippen LogP contribution is 2.49. The Hall–Kier alpha value is -0.440. The molecule has 68 valence electrons. The van der Waals surface area contributed by atoms with E-state index in [2.05, 4.69) is 17.4 Å². The zero-order valence-corrected chi connectivity index (χ0v) is 7.55. The Morgan fingerprint density at radius 3 is 3.17 bits per heavy atom. The summed E-state index contributed by atoms with van der Waals surface area (Å²) in [5.74, 6) is 1.33. The Labute approximate surface area is 72.9 Å². The van der Waals surface area contributed by atoms with Gasteiger partial charge in [-0.05, 0) is 36.6 Å². The minimum Gasteiger partial charge on any atom is -0.316 e. The average molecular weight is 168 g/mol. The molecule has 12 heavy (non-hydrogen) atoms. The van der Waals surface area contributed by atoms with Crippen LogP contribution in [-0.4, -0.2) is 19.6 Å². The molecule has 1 N–H and O–H groups in total. The Morgan fingerprint density at radius 2 is 2.42 bits per heavy atom. The molecule has 0 bridgehead atoms. The van der Waals surface area contributed by atoms with E-state index in [0.717, 1.165) is 19.0 Å². The second-order valence-corrected chi connectivity index (χ2v) is 4.42. The third kappa shape index (κ3) is 0.993. The lowest BCUT2D eigenvalue weighted by Crippen LogP contribution is -2.30. The Bertz CT molecular complexity index is 195. The first kappa shape index (κ1) is 8.17. The van der Waals surface area contributed by atoms with E-state index in [-0.39, 0.29) is 0 Å². The summed E-state index contributed by atoms with van der Waals surface area (Å²) in [4.78, 5) is 10.2. The van der Waals surface area contributed by atoms with Crippen molar-refractivity contribution in [3.8, 4) is 0 Å². The SMILES string of the molecule is CC12CNCC1CCC2CN=O. The highest BCUT2D eigenvalue weighted by molar-refractivity contribution is 5.01. The third-order valence-electron chi connectivity index (χ3n) is 3.92. The van der Waals surface area contributed by atoms with Crippen molar-refractivity contribution in [3.05, 3.63) is 4.91 Å². The summed E-state index contributed by atoms with van der Waals surface area (Å²) in [6.45, 7) is 5.05. The van der Waals surface area contributed by atoms with Crippen molar-refractivity contribution in [2.24, 2.45) is 22.4 Å². The largest absolute Gasteiger partial charge is 0.316 e. The number of hydrogen-bond donors (Lipinski definition) is 1. The minimum atomic E-state index is 0.369. The predicted octanol–water partition coefficient (Wildman–Crippen LogP) is 1.39. The number of nitrogens with one attached hydrogen (secondary N) is 1. The van der Waals surface area contributed by atoms with Gasteiger partial charge in [0.25, 0.3) is 0 Å². The summed E-state index contributed by atoms with van der Waals surface area (Å²) in [5.41, 5.74) is 0.369. The highest BCUT2D eigenvalue weighted by atomic mass is 16.3. The van der Waals surface area contributed by atoms with Crippen LogP contribution >= 0.6 is 0 Å². The fraction of sp³-hybridized carbons (Fsp3) is 1.00. The lowest BCUT2D eigenvalue weighted by molar-refractivity contribution is 0.220. The number of hydrogen-bond acceptors (Lipinski definition) is 3. The smallest absolute Gasteiger partial charge is 0.0845 e. The van der Waals surface area contributed by atoms with Gasteiger partial charge >= 0.3 is 0 Å². The molecule has 0 radical (unpaired) electrons. The van der Waals surface area contributed by atoms with E-state index in [4.69, 9.17) is 0 Å². The molecular formula is C9H16N2O. The average Bonchev–Trinajstić information content (AvgIpc) is 2.51. The fourth-order valence-electron chi connectivity index (χ4n) is 2.92. The van der Waals surface area contributed by atoms with Crippen LogP contribution in [0.4, 0.5) is 0 Å². The molecule has 0 spiro atoms. The molecule has 3 nitrogen and oxygen atoms in total. The normalized spacial score (nSPS) is 46.1. The van der Waals surface area contributed by atoms with Crippen LogP contribution in [0.15, 0.2) is 5.18 Å². The third-order valence-corrected chi connectivity index (χ3v) is 3.92. The molecule has 1 aliphatic heterocycles. The van der Waals surface area contributed by atoms with Crippen LogP contribution in [0.1, 0.15) is 19.8 Å². The number of fused-ring (bicyclic) bond motifs is 1. The van der Waals surface area contributed by atoms with Gasteiger partial charge in [-0.1, -0.05) is 12.1 Å². The van der Waals surface area contributed by atoms with E-state index >= 15 is 0 Å². The first-order chi connectivity index (χ1) is 5.77. The van der Waals surface area contributed by atoms with Crippen molar-refractivity contribution in [3.63, 3.8) is 0 Å². The van der Waals surface area contributed by atoms with Gasteiger partial charge in [0.1, 0.15) is 0 Å². The van der Waals surface area contributed by atoms with Gasteiger partial charge in [0.05, 0.1) is 6.54 Å². The van der Waals surface area contributed by atoms with Gasteiger partial charge < -0.3 is 5.32 Å². The van der Waals surface area contributed by atoms with Crippen molar-refractivity contribution in [1.82, 2.24) is 5.32 Å². The lowest BCUT2D eigenvalue weighted by Gasteiger charge is -2.28. The summed E-state index contributed by atoms with van der Waals surface area (Å²) in [7, 11) is 0. The van der Waals surface area contributed by atoms with E-state index in [9.17, 15) is 4.91 Å². The van der Waals surface area contributed by atoms with Gasteiger partial charge in [0.2, 0.25) is 0 Å². The first-order valence-corrected chi connectivity index (χ1v) is 4.77. The fourth-order valence-corrected chi connectivity index (χ4v) is 2.92. The topological polar surface area (TPSA) is 41.5 Å². The van der Waals surface area contributed by atoms with Gasteiger partial charge in [-0.3, -0.25) is 0 Å². The molecule has 0 aromatic heterocycles. The number of nitroso groups, excluding NO2 is 1. The van der Waals surface area contributed by atoms with Crippen LogP contribution in [0.3, 0.4) is 0 Å². The molecule has 2 rings (SSSR count). The lowest BCUT2D eigenvalue weighted by atomic mass is 9.76. The van der Waals surface area contributed by atoms with E-state index in [1.54, 1.807) is 0 Å². The summed E-state index contributed by atoms with van der Waals surface area (Å²) in [6.07, 6.45) is 2.48. The Balaban J connectivity index is 2.12. The van der Waals surface area contributed by atoms with Gasteiger partial charge in [0.15, 0.2) is 0 Å². The van der Waals surface area contributed by atoms with Crippen molar-refractivity contribution in [2.75, 3.05) is 19.6 Å². The molecule has 1 aliphatic carbocycles.